The molecule has 0 radical (unpaired) electrons. The molecule has 206 valence electrons. The van der Waals surface area contributed by atoms with Crippen LogP contribution in [-0.2, 0) is 15.6 Å². The second-order valence-corrected chi connectivity index (χ2v) is 13.0. The van der Waals surface area contributed by atoms with Crippen LogP contribution in [0.1, 0.15) is 127 Å². The fraction of sp³-hybridized carbons (Fsp3) is 0.581. The van der Waals surface area contributed by atoms with Gasteiger partial charge in [-0.2, -0.15) is 0 Å². The number of rotatable bonds is 2. The van der Waals surface area contributed by atoms with E-state index in [2.05, 4.69) is 0 Å². The molecule has 7 nitrogen and oxygen atoms in total. The number of pyridine rings is 1. The molecule has 1 fully saturated rings. The van der Waals surface area contributed by atoms with Crippen molar-refractivity contribution < 1.29 is 24.6 Å². The van der Waals surface area contributed by atoms with Crippen molar-refractivity contribution in [2.75, 3.05) is 0 Å². The zero-order valence-corrected chi connectivity index (χ0v) is 23.7. The third-order valence-corrected chi connectivity index (χ3v) is 7.88. The van der Waals surface area contributed by atoms with Crippen LogP contribution in [0.5, 0.6) is 11.5 Å². The van der Waals surface area contributed by atoms with Crippen molar-refractivity contribution in [1.29, 1.82) is 0 Å². The Labute approximate surface area is 224 Å². The van der Waals surface area contributed by atoms with Crippen LogP contribution in [0.4, 0.5) is 0 Å². The number of hydrogen-bond acceptors (Lipinski definition) is 6. The van der Waals surface area contributed by atoms with E-state index in [0.717, 1.165) is 36.8 Å². The Kier molecular flexibility index (Phi) is 7.28. The average Bonchev–Trinajstić information content (AvgIpc) is 3.17. The molecular weight excluding hydrogens is 482 g/mol. The summed E-state index contributed by atoms with van der Waals surface area (Å²) in [5.41, 5.74) is 0.441. The Balaban J connectivity index is 2.11. The summed E-state index contributed by atoms with van der Waals surface area (Å²) in [5, 5.41) is 22.8. The number of benzene rings is 1. The van der Waals surface area contributed by atoms with Crippen molar-refractivity contribution in [3.63, 3.8) is 0 Å². The lowest BCUT2D eigenvalue weighted by molar-refractivity contribution is -0.122. The lowest BCUT2D eigenvalue weighted by atomic mass is 9.76. The van der Waals surface area contributed by atoms with Gasteiger partial charge in [0.15, 0.2) is 5.78 Å². The number of hydrogen-bond donors (Lipinski definition) is 2. The van der Waals surface area contributed by atoms with Gasteiger partial charge in [-0.05, 0) is 54.7 Å². The highest BCUT2D eigenvalue weighted by molar-refractivity contribution is 6.00. The summed E-state index contributed by atoms with van der Waals surface area (Å²) < 4.78 is 1.09. The summed E-state index contributed by atoms with van der Waals surface area (Å²) in [4.78, 5) is 45.9. The van der Waals surface area contributed by atoms with E-state index in [1.807, 2.05) is 41.5 Å². The second-order valence-electron chi connectivity index (χ2n) is 13.0. The second kappa shape index (κ2) is 9.90. The Morgan fingerprint density at radius 3 is 2.00 bits per heavy atom. The summed E-state index contributed by atoms with van der Waals surface area (Å²) in [7, 11) is 0. The molecular formula is C31H41NO6. The smallest absolute Gasteiger partial charge is 0.297 e. The van der Waals surface area contributed by atoms with Crippen LogP contribution < -0.4 is 10.4 Å². The Hall–Kier alpha value is -3.09. The molecule has 38 heavy (non-hydrogen) atoms. The number of phenols is 1. The van der Waals surface area contributed by atoms with Crippen LogP contribution in [0.3, 0.4) is 0 Å². The van der Waals surface area contributed by atoms with Gasteiger partial charge in [0, 0.05) is 23.1 Å². The molecule has 1 aromatic heterocycles. The van der Waals surface area contributed by atoms with E-state index in [4.69, 9.17) is 4.84 Å². The zero-order chi connectivity index (χ0) is 28.2. The minimum atomic E-state index is -0.741. The Morgan fingerprint density at radius 2 is 1.45 bits per heavy atom. The molecule has 0 unspecified atom stereocenters. The van der Waals surface area contributed by atoms with Gasteiger partial charge >= 0.3 is 0 Å². The van der Waals surface area contributed by atoms with Gasteiger partial charge in [-0.25, -0.2) is 0 Å². The standard InChI is InChI=1S/C31H41NO6/c1-17(33)23-28(36)24(18-15-19(30(2,3)4)27(35)20(16-18)31(5,6)7)26-25-21(34)13-11-9-8-10-12-14-22(25)38-32(26)29(23)37/h15-16,22,25,35-36H,8-14H2,1-7H3/t22-,25-/m0/s1. The molecule has 0 bridgehead atoms. The first-order valence-corrected chi connectivity index (χ1v) is 13.8. The van der Waals surface area contributed by atoms with E-state index in [1.54, 1.807) is 12.1 Å². The first-order valence-electron chi connectivity index (χ1n) is 13.8. The highest BCUT2D eigenvalue weighted by atomic mass is 16.7. The van der Waals surface area contributed by atoms with Crippen LogP contribution in [0.25, 0.3) is 11.1 Å². The molecule has 1 aliphatic heterocycles. The fourth-order valence-electron chi connectivity index (χ4n) is 5.85. The maximum atomic E-state index is 13.6. The molecule has 1 aliphatic carbocycles. The van der Waals surface area contributed by atoms with E-state index in [0.29, 0.717) is 35.2 Å². The number of fused-ring (bicyclic) bond motifs is 3. The molecule has 1 saturated carbocycles. The summed E-state index contributed by atoms with van der Waals surface area (Å²) >= 11 is 0. The first kappa shape index (κ1) is 27.9. The predicted octanol–water partition coefficient (Wildman–Crippen LogP) is 5.93. The van der Waals surface area contributed by atoms with Crippen molar-refractivity contribution in [2.24, 2.45) is 0 Å². The van der Waals surface area contributed by atoms with Crippen LogP contribution in [0, 0.1) is 0 Å². The van der Waals surface area contributed by atoms with Crippen LogP contribution in [0.2, 0.25) is 0 Å². The molecule has 7 heteroatoms. The van der Waals surface area contributed by atoms with Gasteiger partial charge in [-0.1, -0.05) is 60.8 Å². The maximum absolute atomic E-state index is 13.6. The van der Waals surface area contributed by atoms with Gasteiger partial charge in [-0.15, -0.1) is 4.73 Å². The van der Waals surface area contributed by atoms with Crippen molar-refractivity contribution >= 4 is 11.6 Å². The van der Waals surface area contributed by atoms with Crippen LogP contribution in [0.15, 0.2) is 16.9 Å². The van der Waals surface area contributed by atoms with Gasteiger partial charge in [0.05, 0.1) is 5.69 Å². The third-order valence-electron chi connectivity index (χ3n) is 7.88. The predicted molar refractivity (Wildman–Crippen MR) is 147 cm³/mol. The molecule has 2 heterocycles. The largest absolute Gasteiger partial charge is 0.507 e. The van der Waals surface area contributed by atoms with E-state index in [1.165, 1.54) is 6.92 Å². The van der Waals surface area contributed by atoms with Gasteiger partial charge in [0.2, 0.25) is 0 Å². The van der Waals surface area contributed by atoms with E-state index in [9.17, 15) is 24.6 Å². The zero-order valence-electron chi connectivity index (χ0n) is 23.7. The highest BCUT2D eigenvalue weighted by Crippen LogP contribution is 2.47. The fourth-order valence-corrected chi connectivity index (χ4v) is 5.85. The van der Waals surface area contributed by atoms with E-state index < -0.39 is 39.9 Å². The molecule has 4 rings (SSSR count). The van der Waals surface area contributed by atoms with Crippen molar-refractivity contribution in [1.82, 2.24) is 4.73 Å². The quantitative estimate of drug-likeness (QED) is 0.473. The summed E-state index contributed by atoms with van der Waals surface area (Å²) in [6, 6.07) is 3.60. The van der Waals surface area contributed by atoms with Gasteiger partial charge in [-0.3, -0.25) is 14.4 Å². The van der Waals surface area contributed by atoms with Gasteiger partial charge in [0.1, 0.15) is 34.9 Å². The minimum absolute atomic E-state index is 0.0235. The van der Waals surface area contributed by atoms with Crippen LogP contribution in [-0.4, -0.2) is 32.6 Å². The van der Waals surface area contributed by atoms with Crippen LogP contribution >= 0.6 is 0 Å². The van der Waals surface area contributed by atoms with Crippen molar-refractivity contribution in [3.05, 3.63) is 44.9 Å². The topological polar surface area (TPSA) is 106 Å². The lowest BCUT2D eigenvalue weighted by Crippen LogP contribution is -2.32. The molecule has 0 amide bonds. The molecule has 2 aliphatic rings. The number of carbonyl (C=O) groups excluding carboxylic acids is 2. The Morgan fingerprint density at radius 1 is 0.895 bits per heavy atom. The monoisotopic (exact) mass is 523 g/mol. The number of Topliss-reactive ketones (excluding diaryl/α,β-unsaturated/α-hetero) is 2. The van der Waals surface area contributed by atoms with E-state index in [-0.39, 0.29) is 22.7 Å². The third kappa shape index (κ3) is 4.87. The average molecular weight is 524 g/mol. The van der Waals surface area contributed by atoms with Crippen molar-refractivity contribution in [3.8, 4) is 22.6 Å². The first-order chi connectivity index (χ1) is 17.6. The van der Waals surface area contributed by atoms with Gasteiger partial charge in [0.25, 0.3) is 5.56 Å². The highest BCUT2D eigenvalue weighted by Gasteiger charge is 2.45. The molecule has 2 aromatic rings. The molecule has 2 atom stereocenters. The number of carbonyl (C=O) groups is 2. The molecule has 1 aromatic carbocycles. The summed E-state index contributed by atoms with van der Waals surface area (Å²) in [6.07, 6.45) is 5.09. The minimum Gasteiger partial charge on any atom is -0.507 e. The Bertz CT molecular complexity index is 1300. The normalized spacial score (nSPS) is 20.4. The molecule has 0 spiro atoms. The van der Waals surface area contributed by atoms with E-state index >= 15 is 0 Å². The number of phenolic OH excluding ortho intramolecular Hbond substituents is 1. The maximum Gasteiger partial charge on any atom is 0.297 e. The number of ketones is 2. The summed E-state index contributed by atoms with van der Waals surface area (Å²) in [5.74, 6) is -1.60. The number of nitrogens with zero attached hydrogens (tertiary/aromatic N) is 1. The number of aromatic nitrogens is 1. The molecule has 2 N–H and O–H groups in total. The van der Waals surface area contributed by atoms with Gasteiger partial charge < -0.3 is 15.1 Å². The molecule has 0 saturated heterocycles. The number of aromatic hydroxyl groups is 2. The SMILES string of the molecule is CC(=O)c1c(O)c(-c2cc(C(C)(C)C)c(O)c(C(C)(C)C)c2)c2n(c1=O)O[C@H]1CCCCCCCC(=O)[C@H]21. The lowest BCUT2D eigenvalue weighted by Gasteiger charge is -2.29. The van der Waals surface area contributed by atoms with Crippen molar-refractivity contribution in [2.45, 2.75) is 116 Å². The summed E-state index contributed by atoms with van der Waals surface area (Å²) in [6.45, 7) is 13.2.